The third-order valence-electron chi connectivity index (χ3n) is 4.99. The van der Waals surface area contributed by atoms with Gasteiger partial charge in [0, 0.05) is 29.4 Å². The molecule has 32 heavy (non-hydrogen) atoms. The number of aliphatic hydroxyl groups is 2. The van der Waals surface area contributed by atoms with Crippen LogP contribution in [0.25, 0.3) is 17.0 Å². The average molecular weight is 432 g/mol. The second-order valence-electron chi connectivity index (χ2n) is 7.04. The number of hydrogen-bond acceptors (Lipinski definition) is 8. The fraction of sp³-hybridized carbons (Fsp3) is 0.125. The highest BCUT2D eigenvalue weighted by Crippen LogP contribution is 2.35. The van der Waals surface area contributed by atoms with Gasteiger partial charge in [0.15, 0.2) is 6.10 Å². The van der Waals surface area contributed by atoms with Gasteiger partial charge in [-0.2, -0.15) is 0 Å². The number of benzene rings is 2. The number of aromatic nitrogens is 1. The summed E-state index contributed by atoms with van der Waals surface area (Å²) >= 11 is 0. The molecule has 1 aromatic heterocycles. The van der Waals surface area contributed by atoms with Crippen molar-refractivity contribution in [3.05, 3.63) is 85.1 Å². The molecule has 3 aromatic rings. The van der Waals surface area contributed by atoms with E-state index >= 15 is 0 Å². The maximum absolute atomic E-state index is 11.8. The molecule has 4 rings (SSSR count). The number of para-hydroxylation sites is 2. The number of carbonyl (C=O) groups is 2. The SMILES string of the molecule is C=Cc1ccccc1N(CC(O)C1(O)OC(=O)C=CC(=O)O1)c1ccnc2ccccc12. The summed E-state index contributed by atoms with van der Waals surface area (Å²) < 4.78 is 9.65. The van der Waals surface area contributed by atoms with Gasteiger partial charge in [-0.3, -0.25) is 4.98 Å². The van der Waals surface area contributed by atoms with Crippen LogP contribution in [0.3, 0.4) is 0 Å². The molecule has 2 aromatic carbocycles. The van der Waals surface area contributed by atoms with Gasteiger partial charge in [0.25, 0.3) is 0 Å². The van der Waals surface area contributed by atoms with E-state index in [-0.39, 0.29) is 6.54 Å². The van der Waals surface area contributed by atoms with Crippen molar-refractivity contribution in [2.24, 2.45) is 0 Å². The molecule has 2 heterocycles. The van der Waals surface area contributed by atoms with E-state index in [1.807, 2.05) is 48.5 Å². The number of fused-ring (bicyclic) bond motifs is 1. The van der Waals surface area contributed by atoms with Crippen LogP contribution in [-0.4, -0.2) is 45.8 Å². The van der Waals surface area contributed by atoms with E-state index in [0.29, 0.717) is 11.4 Å². The minimum atomic E-state index is -2.87. The monoisotopic (exact) mass is 432 g/mol. The van der Waals surface area contributed by atoms with Crippen LogP contribution in [0.1, 0.15) is 5.56 Å². The number of rotatable bonds is 6. The minimum absolute atomic E-state index is 0.296. The molecule has 0 bridgehead atoms. The first-order valence-electron chi connectivity index (χ1n) is 9.78. The van der Waals surface area contributed by atoms with Crippen molar-refractivity contribution in [1.29, 1.82) is 0 Å². The Morgan fingerprint density at radius 1 is 1.00 bits per heavy atom. The first-order chi connectivity index (χ1) is 15.4. The lowest BCUT2D eigenvalue weighted by Crippen LogP contribution is -2.53. The van der Waals surface area contributed by atoms with Gasteiger partial charge in [-0.15, -0.1) is 0 Å². The number of nitrogens with zero attached hydrogens (tertiary/aromatic N) is 2. The van der Waals surface area contributed by atoms with Crippen LogP contribution < -0.4 is 4.90 Å². The second kappa shape index (κ2) is 8.62. The summed E-state index contributed by atoms with van der Waals surface area (Å²) in [4.78, 5) is 29.7. The van der Waals surface area contributed by atoms with Crippen LogP contribution in [0.2, 0.25) is 0 Å². The average Bonchev–Trinajstić information content (AvgIpc) is 2.94. The molecule has 8 heteroatoms. The zero-order valence-electron chi connectivity index (χ0n) is 16.9. The number of esters is 2. The van der Waals surface area contributed by atoms with Crippen molar-refractivity contribution in [3.63, 3.8) is 0 Å². The van der Waals surface area contributed by atoms with Crippen LogP contribution in [-0.2, 0) is 19.1 Å². The van der Waals surface area contributed by atoms with Crippen LogP contribution in [0.5, 0.6) is 0 Å². The Hall–Kier alpha value is -4.01. The van der Waals surface area contributed by atoms with Crippen molar-refractivity contribution in [1.82, 2.24) is 4.98 Å². The molecule has 1 unspecified atom stereocenters. The number of pyridine rings is 1. The normalized spacial score (nSPS) is 16.1. The lowest BCUT2D eigenvalue weighted by molar-refractivity contribution is -0.354. The highest BCUT2D eigenvalue weighted by Gasteiger charge is 2.46. The predicted octanol–water partition coefficient (Wildman–Crippen LogP) is 2.68. The zero-order chi connectivity index (χ0) is 22.7. The molecule has 0 saturated heterocycles. The summed E-state index contributed by atoms with van der Waals surface area (Å²) in [5.41, 5.74) is 2.79. The molecule has 0 fully saturated rings. The summed E-state index contributed by atoms with van der Waals surface area (Å²) in [5.74, 6) is -4.92. The van der Waals surface area contributed by atoms with Crippen LogP contribution in [0, 0.1) is 0 Å². The number of aliphatic hydroxyl groups excluding tert-OH is 1. The Labute approximate surface area is 183 Å². The summed E-state index contributed by atoms with van der Waals surface area (Å²) in [7, 11) is 0. The summed E-state index contributed by atoms with van der Waals surface area (Å²) in [5, 5.41) is 22.4. The van der Waals surface area contributed by atoms with Crippen molar-refractivity contribution >= 4 is 40.3 Å². The van der Waals surface area contributed by atoms with Gasteiger partial charge in [-0.1, -0.05) is 49.1 Å². The number of carbonyl (C=O) groups excluding carboxylic acids is 2. The van der Waals surface area contributed by atoms with E-state index < -0.39 is 24.0 Å². The highest BCUT2D eigenvalue weighted by molar-refractivity contribution is 5.95. The van der Waals surface area contributed by atoms with Crippen molar-refractivity contribution in [2.45, 2.75) is 12.1 Å². The third kappa shape index (κ3) is 4.09. The standard InChI is InChI=1S/C24H20N2O6/c1-2-16-7-3-6-10-19(16)26(20-13-14-25-18-9-5-4-8-17(18)20)15-21(27)24(30)31-22(28)11-12-23(29)32-24/h2-14,21,27,30H,1,15H2. The van der Waals surface area contributed by atoms with E-state index in [9.17, 15) is 19.8 Å². The van der Waals surface area contributed by atoms with Gasteiger partial charge in [0.1, 0.15) is 0 Å². The fourth-order valence-electron chi connectivity index (χ4n) is 3.49. The quantitative estimate of drug-likeness (QED) is 0.573. The van der Waals surface area contributed by atoms with Crippen LogP contribution in [0.15, 0.2) is 79.5 Å². The van der Waals surface area contributed by atoms with Crippen molar-refractivity contribution in [3.8, 4) is 0 Å². The molecule has 1 aliphatic rings. The van der Waals surface area contributed by atoms with Gasteiger partial charge in [-0.05, 0) is 23.8 Å². The molecule has 162 valence electrons. The lowest BCUT2D eigenvalue weighted by Gasteiger charge is -2.34. The molecule has 0 saturated carbocycles. The molecule has 1 aliphatic heterocycles. The Kier molecular flexibility index (Phi) is 5.72. The highest BCUT2D eigenvalue weighted by atomic mass is 16.8. The predicted molar refractivity (Wildman–Crippen MR) is 118 cm³/mol. The van der Waals surface area contributed by atoms with Gasteiger partial charge in [0.2, 0.25) is 0 Å². The maximum Gasteiger partial charge on any atom is 0.403 e. The molecule has 8 nitrogen and oxygen atoms in total. The van der Waals surface area contributed by atoms with Crippen molar-refractivity contribution in [2.75, 3.05) is 11.4 Å². The summed E-state index contributed by atoms with van der Waals surface area (Å²) in [6.07, 6.45) is 3.09. The van der Waals surface area contributed by atoms with E-state index in [4.69, 9.17) is 9.47 Å². The van der Waals surface area contributed by atoms with E-state index in [1.165, 1.54) is 0 Å². The molecular formula is C24H20N2O6. The first-order valence-corrected chi connectivity index (χ1v) is 9.78. The molecule has 0 aliphatic carbocycles. The topological polar surface area (TPSA) is 109 Å². The summed E-state index contributed by atoms with van der Waals surface area (Å²) in [6, 6.07) is 16.5. The van der Waals surface area contributed by atoms with E-state index in [1.54, 1.807) is 23.2 Å². The Balaban J connectivity index is 1.81. The molecular weight excluding hydrogens is 412 g/mol. The number of anilines is 2. The van der Waals surface area contributed by atoms with Gasteiger partial charge >= 0.3 is 17.9 Å². The van der Waals surface area contributed by atoms with Crippen LogP contribution >= 0.6 is 0 Å². The van der Waals surface area contributed by atoms with Gasteiger partial charge in [0.05, 0.1) is 17.7 Å². The third-order valence-corrected chi connectivity index (χ3v) is 4.99. The largest absolute Gasteiger partial charge is 0.403 e. The molecule has 1 atom stereocenters. The molecule has 0 amide bonds. The van der Waals surface area contributed by atoms with Gasteiger partial charge < -0.3 is 24.6 Å². The molecule has 0 spiro atoms. The van der Waals surface area contributed by atoms with E-state index in [0.717, 1.165) is 28.6 Å². The Bertz CT molecular complexity index is 1200. The number of ether oxygens (including phenoxy) is 2. The zero-order valence-corrected chi connectivity index (χ0v) is 16.9. The van der Waals surface area contributed by atoms with E-state index in [2.05, 4.69) is 11.6 Å². The lowest BCUT2D eigenvalue weighted by atomic mass is 10.1. The molecule has 0 radical (unpaired) electrons. The summed E-state index contributed by atoms with van der Waals surface area (Å²) in [6.45, 7) is 3.55. The van der Waals surface area contributed by atoms with Gasteiger partial charge in [-0.25, -0.2) is 9.59 Å². The maximum atomic E-state index is 11.8. The Morgan fingerprint density at radius 3 is 2.38 bits per heavy atom. The minimum Gasteiger partial charge on any atom is -0.393 e. The number of cyclic esters (lactones) is 2. The first kappa shape index (κ1) is 21.2. The van der Waals surface area contributed by atoms with Crippen molar-refractivity contribution < 1.29 is 29.3 Å². The Morgan fingerprint density at radius 2 is 1.66 bits per heavy atom. The second-order valence-corrected chi connectivity index (χ2v) is 7.04. The smallest absolute Gasteiger partial charge is 0.393 e. The fourth-order valence-corrected chi connectivity index (χ4v) is 3.49. The number of hydrogen-bond donors (Lipinski definition) is 2. The molecule has 2 N–H and O–H groups in total. The van der Waals surface area contributed by atoms with Crippen LogP contribution in [0.4, 0.5) is 11.4 Å².